The van der Waals surface area contributed by atoms with Crippen LogP contribution in [0, 0.1) is 10.7 Å². The quantitative estimate of drug-likeness (QED) is 0.812. The summed E-state index contributed by atoms with van der Waals surface area (Å²) < 4.78 is 20.1. The Hall–Kier alpha value is -1.53. The number of aromatic nitrogens is 2. The Balaban J connectivity index is 1.79. The van der Waals surface area contributed by atoms with Gasteiger partial charge in [0.1, 0.15) is 5.82 Å². The number of benzene rings is 1. The van der Waals surface area contributed by atoms with Gasteiger partial charge in [0.2, 0.25) is 5.89 Å². The van der Waals surface area contributed by atoms with Crippen molar-refractivity contribution in [3.05, 3.63) is 34.9 Å². The van der Waals surface area contributed by atoms with E-state index < -0.39 is 0 Å². The first-order valence-electron chi connectivity index (χ1n) is 6.78. The minimum Gasteiger partial charge on any atom is -0.409 e. The van der Waals surface area contributed by atoms with Crippen molar-refractivity contribution in [2.75, 3.05) is 13.1 Å². The summed E-state index contributed by atoms with van der Waals surface area (Å²) in [5.74, 6) is 0.159. The van der Waals surface area contributed by atoms with E-state index in [2.05, 4.69) is 10.00 Å². The third-order valence-corrected chi connectivity index (χ3v) is 3.77. The number of rotatable bonds is 3. The van der Waals surface area contributed by atoms with Crippen LogP contribution in [-0.2, 0) is 6.67 Å². The maximum Gasteiger partial charge on any atom is 0.288 e. The van der Waals surface area contributed by atoms with Gasteiger partial charge in [-0.15, -0.1) is 5.10 Å². The molecule has 0 radical (unpaired) electrons. The van der Waals surface area contributed by atoms with Gasteiger partial charge in [-0.3, -0.25) is 4.90 Å². The number of hydrogen-bond acceptors (Lipinski definition) is 4. The standard InChI is InChI=1S/C14H16FN3OS/c15-12-6-4-11(5-7-12)13-16-18(14(20)19-13)10-17-8-2-1-3-9-17/h4-7H,1-3,8-10H2. The first-order chi connectivity index (χ1) is 9.72. The summed E-state index contributed by atoms with van der Waals surface area (Å²) in [7, 11) is 0. The van der Waals surface area contributed by atoms with Crippen LogP contribution >= 0.6 is 12.2 Å². The summed E-state index contributed by atoms with van der Waals surface area (Å²) in [6.45, 7) is 2.80. The van der Waals surface area contributed by atoms with Crippen molar-refractivity contribution >= 4 is 12.2 Å². The van der Waals surface area contributed by atoms with Crippen LogP contribution in [0.2, 0.25) is 0 Å². The SMILES string of the molecule is Fc1ccc(-c2nn(CN3CCCCC3)c(=S)o2)cc1. The fraction of sp³-hybridized carbons (Fsp3) is 0.429. The fourth-order valence-electron chi connectivity index (χ4n) is 2.40. The highest BCUT2D eigenvalue weighted by Gasteiger charge is 2.14. The van der Waals surface area contributed by atoms with E-state index >= 15 is 0 Å². The van der Waals surface area contributed by atoms with Crippen molar-refractivity contribution in [2.24, 2.45) is 0 Å². The normalized spacial score (nSPS) is 16.4. The maximum absolute atomic E-state index is 12.9. The molecule has 20 heavy (non-hydrogen) atoms. The number of halogens is 1. The smallest absolute Gasteiger partial charge is 0.288 e. The summed E-state index contributed by atoms with van der Waals surface area (Å²) >= 11 is 5.20. The van der Waals surface area contributed by atoms with E-state index in [9.17, 15) is 4.39 Å². The lowest BCUT2D eigenvalue weighted by Gasteiger charge is -2.25. The second-order valence-electron chi connectivity index (χ2n) is 5.00. The van der Waals surface area contributed by atoms with Gasteiger partial charge in [0, 0.05) is 5.56 Å². The molecule has 0 atom stereocenters. The van der Waals surface area contributed by atoms with Crippen molar-refractivity contribution in [2.45, 2.75) is 25.9 Å². The van der Waals surface area contributed by atoms with E-state index in [0.29, 0.717) is 17.4 Å². The Bertz CT molecular complexity index is 629. The molecule has 0 N–H and O–H groups in total. The Morgan fingerprint density at radius 1 is 1.15 bits per heavy atom. The van der Waals surface area contributed by atoms with Crippen LogP contribution < -0.4 is 0 Å². The highest BCUT2D eigenvalue weighted by atomic mass is 32.1. The van der Waals surface area contributed by atoms with Gasteiger partial charge < -0.3 is 4.42 Å². The molecular formula is C14H16FN3OS. The van der Waals surface area contributed by atoms with Crippen molar-refractivity contribution in [1.82, 2.24) is 14.7 Å². The summed E-state index contributed by atoms with van der Waals surface area (Å²) in [5.41, 5.74) is 0.731. The highest BCUT2D eigenvalue weighted by Crippen LogP contribution is 2.19. The maximum atomic E-state index is 12.9. The third-order valence-electron chi connectivity index (χ3n) is 3.48. The monoisotopic (exact) mass is 293 g/mol. The van der Waals surface area contributed by atoms with Gasteiger partial charge in [-0.25, -0.2) is 9.07 Å². The van der Waals surface area contributed by atoms with Gasteiger partial charge in [0.15, 0.2) is 0 Å². The van der Waals surface area contributed by atoms with Crippen LogP contribution in [0.4, 0.5) is 4.39 Å². The second-order valence-corrected chi connectivity index (χ2v) is 5.35. The molecule has 2 heterocycles. The van der Waals surface area contributed by atoms with Gasteiger partial charge in [-0.05, 0) is 62.4 Å². The van der Waals surface area contributed by atoms with E-state index in [0.717, 1.165) is 18.7 Å². The summed E-state index contributed by atoms with van der Waals surface area (Å²) in [5, 5.41) is 4.39. The van der Waals surface area contributed by atoms with Gasteiger partial charge in [-0.1, -0.05) is 6.42 Å². The zero-order chi connectivity index (χ0) is 13.9. The predicted molar refractivity (Wildman–Crippen MR) is 76.1 cm³/mol. The number of hydrogen-bond donors (Lipinski definition) is 0. The van der Waals surface area contributed by atoms with Crippen LogP contribution in [-0.4, -0.2) is 27.8 Å². The average Bonchev–Trinajstić information content (AvgIpc) is 2.82. The van der Waals surface area contributed by atoms with Crippen molar-refractivity contribution < 1.29 is 8.81 Å². The lowest BCUT2D eigenvalue weighted by atomic mass is 10.1. The molecule has 0 unspecified atom stereocenters. The highest BCUT2D eigenvalue weighted by molar-refractivity contribution is 7.71. The van der Waals surface area contributed by atoms with Crippen molar-refractivity contribution in [3.63, 3.8) is 0 Å². The molecule has 1 aromatic heterocycles. The molecule has 1 saturated heterocycles. The summed E-state index contributed by atoms with van der Waals surface area (Å²) in [6.07, 6.45) is 3.73. The summed E-state index contributed by atoms with van der Waals surface area (Å²) in [4.78, 5) is 2.67. The Morgan fingerprint density at radius 3 is 2.55 bits per heavy atom. The predicted octanol–water partition coefficient (Wildman–Crippen LogP) is 3.46. The Kier molecular flexibility index (Phi) is 3.93. The first-order valence-corrected chi connectivity index (χ1v) is 7.19. The minimum absolute atomic E-state index is 0.278. The third kappa shape index (κ3) is 2.96. The van der Waals surface area contributed by atoms with Gasteiger partial charge in [0.05, 0.1) is 6.67 Å². The van der Waals surface area contributed by atoms with Crippen LogP contribution in [0.3, 0.4) is 0 Å². The molecule has 0 saturated carbocycles. The van der Waals surface area contributed by atoms with Gasteiger partial charge >= 0.3 is 0 Å². The molecule has 2 aromatic rings. The Morgan fingerprint density at radius 2 is 1.85 bits per heavy atom. The molecule has 0 amide bonds. The first kappa shape index (κ1) is 13.5. The van der Waals surface area contributed by atoms with Crippen LogP contribution in [0.1, 0.15) is 19.3 Å². The van der Waals surface area contributed by atoms with Crippen LogP contribution in [0.5, 0.6) is 0 Å². The zero-order valence-corrected chi connectivity index (χ0v) is 11.9. The molecule has 3 rings (SSSR count). The zero-order valence-electron chi connectivity index (χ0n) is 11.1. The molecule has 0 bridgehead atoms. The van der Waals surface area contributed by atoms with Crippen molar-refractivity contribution in [1.29, 1.82) is 0 Å². The molecular weight excluding hydrogens is 277 g/mol. The van der Waals surface area contributed by atoms with E-state index in [1.165, 1.54) is 31.4 Å². The largest absolute Gasteiger partial charge is 0.409 e. The molecule has 6 heteroatoms. The van der Waals surface area contributed by atoms with Crippen LogP contribution in [0.15, 0.2) is 28.7 Å². The topological polar surface area (TPSA) is 34.2 Å². The molecule has 1 fully saturated rings. The fourth-order valence-corrected chi connectivity index (χ4v) is 2.57. The van der Waals surface area contributed by atoms with E-state index in [1.807, 2.05) is 0 Å². The average molecular weight is 293 g/mol. The molecule has 1 aliphatic rings. The lowest BCUT2D eigenvalue weighted by Crippen LogP contribution is -2.32. The molecule has 1 aliphatic heterocycles. The van der Waals surface area contributed by atoms with E-state index in [-0.39, 0.29) is 5.82 Å². The lowest BCUT2D eigenvalue weighted by molar-refractivity contribution is 0.170. The number of nitrogens with zero attached hydrogens (tertiary/aromatic N) is 3. The molecule has 1 aromatic carbocycles. The molecule has 0 spiro atoms. The van der Waals surface area contributed by atoms with Gasteiger partial charge in [0.25, 0.3) is 4.84 Å². The van der Waals surface area contributed by atoms with Crippen molar-refractivity contribution in [3.8, 4) is 11.5 Å². The number of likely N-dealkylation sites (tertiary alicyclic amines) is 1. The second kappa shape index (κ2) is 5.85. The van der Waals surface area contributed by atoms with E-state index in [4.69, 9.17) is 16.6 Å². The Labute approximate surface area is 121 Å². The molecule has 0 aliphatic carbocycles. The molecule has 106 valence electrons. The number of piperidine rings is 1. The molecule has 4 nitrogen and oxygen atoms in total. The van der Waals surface area contributed by atoms with Gasteiger partial charge in [-0.2, -0.15) is 0 Å². The van der Waals surface area contributed by atoms with E-state index in [1.54, 1.807) is 16.8 Å². The summed E-state index contributed by atoms with van der Waals surface area (Å²) in [6, 6.07) is 6.05. The minimum atomic E-state index is -0.278. The van der Waals surface area contributed by atoms with Crippen LogP contribution in [0.25, 0.3) is 11.5 Å².